The van der Waals surface area contributed by atoms with Gasteiger partial charge in [0.05, 0.1) is 0 Å². The van der Waals surface area contributed by atoms with E-state index in [1.807, 2.05) is 17.4 Å². The van der Waals surface area contributed by atoms with Crippen molar-refractivity contribution in [3.63, 3.8) is 0 Å². The fraction of sp³-hybridized carbons (Fsp3) is 0.400. The van der Waals surface area contributed by atoms with Gasteiger partial charge in [0.2, 0.25) is 0 Å². The zero-order valence-corrected chi connectivity index (χ0v) is 11.2. The number of hydrogen-bond donors (Lipinski definition) is 0. The molecular formula is C15H21N3. The minimum Gasteiger partial charge on any atom is -0.372 e. The fourth-order valence-electron chi connectivity index (χ4n) is 2.08. The lowest BCUT2D eigenvalue weighted by Crippen LogP contribution is -2.21. The molecule has 0 spiro atoms. The minimum absolute atomic E-state index is 0.994. The van der Waals surface area contributed by atoms with Crippen LogP contribution < -0.4 is 4.90 Å². The van der Waals surface area contributed by atoms with Crippen LogP contribution >= 0.6 is 0 Å². The fourth-order valence-corrected chi connectivity index (χ4v) is 2.08. The average molecular weight is 243 g/mol. The molecule has 1 aromatic rings. The lowest BCUT2D eigenvalue weighted by Gasteiger charge is -2.20. The molecule has 0 N–H and O–H groups in total. The van der Waals surface area contributed by atoms with Gasteiger partial charge in [-0.15, -0.1) is 0 Å². The predicted molar refractivity (Wildman–Crippen MR) is 78.9 cm³/mol. The number of hydrazone groups is 1. The summed E-state index contributed by atoms with van der Waals surface area (Å²) in [6, 6.07) is 8.67. The Kier molecular flexibility index (Phi) is 4.40. The SMILES string of the molecule is CCN(CC)c1ccc(C=CN2CCC=N2)cc1. The van der Waals surface area contributed by atoms with Crippen molar-refractivity contribution >= 4 is 18.0 Å². The number of hydrogen-bond acceptors (Lipinski definition) is 3. The molecule has 0 aromatic heterocycles. The molecular weight excluding hydrogens is 222 g/mol. The summed E-state index contributed by atoms with van der Waals surface area (Å²) in [6.45, 7) is 7.46. The number of rotatable bonds is 5. The number of benzene rings is 1. The normalized spacial score (nSPS) is 14.7. The smallest absolute Gasteiger partial charge is 0.0459 e. The van der Waals surface area contributed by atoms with Crippen molar-refractivity contribution in [3.8, 4) is 0 Å². The zero-order valence-electron chi connectivity index (χ0n) is 11.2. The molecule has 3 nitrogen and oxygen atoms in total. The van der Waals surface area contributed by atoms with Crippen LogP contribution in [0.1, 0.15) is 25.8 Å². The van der Waals surface area contributed by atoms with E-state index < -0.39 is 0 Å². The first kappa shape index (κ1) is 12.7. The maximum absolute atomic E-state index is 4.24. The van der Waals surface area contributed by atoms with Gasteiger partial charge in [0.1, 0.15) is 0 Å². The van der Waals surface area contributed by atoms with Crippen molar-refractivity contribution in [3.05, 3.63) is 36.0 Å². The van der Waals surface area contributed by atoms with Gasteiger partial charge in [-0.25, -0.2) is 0 Å². The van der Waals surface area contributed by atoms with Gasteiger partial charge in [0, 0.05) is 44.2 Å². The second kappa shape index (κ2) is 6.24. The van der Waals surface area contributed by atoms with Crippen molar-refractivity contribution in [2.75, 3.05) is 24.5 Å². The predicted octanol–water partition coefficient (Wildman–Crippen LogP) is 3.20. The standard InChI is InChI=1S/C15H21N3/c1-3-17(4-2)15-8-6-14(7-9-15)10-13-18-12-5-11-16-18/h6-11,13H,3-5,12H2,1-2H3. The van der Waals surface area contributed by atoms with E-state index >= 15 is 0 Å². The van der Waals surface area contributed by atoms with Gasteiger partial charge in [-0.05, 0) is 37.6 Å². The molecule has 0 unspecified atom stereocenters. The van der Waals surface area contributed by atoms with Crippen LogP contribution in [0, 0.1) is 0 Å². The molecule has 3 heteroatoms. The molecule has 1 aliphatic rings. The van der Waals surface area contributed by atoms with Gasteiger partial charge in [-0.1, -0.05) is 12.1 Å². The molecule has 18 heavy (non-hydrogen) atoms. The van der Waals surface area contributed by atoms with Crippen molar-refractivity contribution in [2.45, 2.75) is 20.3 Å². The molecule has 0 radical (unpaired) electrons. The number of nitrogens with zero attached hydrogens (tertiary/aromatic N) is 3. The van der Waals surface area contributed by atoms with Crippen LogP contribution in [-0.2, 0) is 0 Å². The summed E-state index contributed by atoms with van der Waals surface area (Å²) in [7, 11) is 0. The Morgan fingerprint density at radius 3 is 2.50 bits per heavy atom. The molecule has 0 saturated heterocycles. The molecule has 1 heterocycles. The van der Waals surface area contributed by atoms with E-state index in [1.54, 1.807) is 0 Å². The maximum atomic E-state index is 4.24. The summed E-state index contributed by atoms with van der Waals surface area (Å²) in [5, 5.41) is 6.21. The molecule has 0 saturated carbocycles. The quantitative estimate of drug-likeness (QED) is 0.791. The minimum atomic E-state index is 0.994. The van der Waals surface area contributed by atoms with Crippen LogP contribution in [-0.4, -0.2) is 30.9 Å². The Bertz CT molecular complexity index is 416. The maximum Gasteiger partial charge on any atom is 0.0459 e. The third-order valence-corrected chi connectivity index (χ3v) is 3.18. The second-order valence-corrected chi connectivity index (χ2v) is 4.33. The molecule has 0 aliphatic carbocycles. The molecule has 0 amide bonds. The summed E-state index contributed by atoms with van der Waals surface area (Å²) in [5.41, 5.74) is 2.50. The molecule has 1 aliphatic heterocycles. The van der Waals surface area contributed by atoms with Crippen LogP contribution in [0.15, 0.2) is 35.6 Å². The summed E-state index contributed by atoms with van der Waals surface area (Å²) in [6.07, 6.45) is 7.14. The molecule has 0 bridgehead atoms. The van der Waals surface area contributed by atoms with Gasteiger partial charge in [0.25, 0.3) is 0 Å². The van der Waals surface area contributed by atoms with E-state index in [-0.39, 0.29) is 0 Å². The van der Waals surface area contributed by atoms with Gasteiger partial charge in [-0.3, -0.25) is 5.01 Å². The molecule has 0 atom stereocenters. The first-order valence-corrected chi connectivity index (χ1v) is 6.65. The van der Waals surface area contributed by atoms with Crippen LogP contribution in [0.3, 0.4) is 0 Å². The van der Waals surface area contributed by atoms with E-state index in [0.717, 1.165) is 26.1 Å². The largest absolute Gasteiger partial charge is 0.372 e. The van der Waals surface area contributed by atoms with E-state index in [9.17, 15) is 0 Å². The topological polar surface area (TPSA) is 18.8 Å². The van der Waals surface area contributed by atoms with E-state index in [4.69, 9.17) is 0 Å². The van der Waals surface area contributed by atoms with Gasteiger partial charge in [0.15, 0.2) is 0 Å². The van der Waals surface area contributed by atoms with E-state index in [0.29, 0.717) is 0 Å². The lowest BCUT2D eigenvalue weighted by atomic mass is 10.2. The third kappa shape index (κ3) is 3.13. The van der Waals surface area contributed by atoms with Gasteiger partial charge in [-0.2, -0.15) is 5.10 Å². The average Bonchev–Trinajstić information content (AvgIpc) is 2.92. The van der Waals surface area contributed by atoms with Crippen molar-refractivity contribution in [1.29, 1.82) is 0 Å². The Morgan fingerprint density at radius 2 is 1.94 bits per heavy atom. The highest BCUT2D eigenvalue weighted by Gasteiger charge is 2.02. The second-order valence-electron chi connectivity index (χ2n) is 4.33. The summed E-state index contributed by atoms with van der Waals surface area (Å²) < 4.78 is 0. The Labute approximate surface area is 109 Å². The monoisotopic (exact) mass is 243 g/mol. The van der Waals surface area contributed by atoms with Crippen LogP contribution in [0.2, 0.25) is 0 Å². The van der Waals surface area contributed by atoms with Gasteiger partial charge < -0.3 is 4.90 Å². The molecule has 1 aromatic carbocycles. The molecule has 0 fully saturated rings. The zero-order chi connectivity index (χ0) is 12.8. The summed E-state index contributed by atoms with van der Waals surface area (Å²) >= 11 is 0. The van der Waals surface area contributed by atoms with E-state index in [2.05, 4.69) is 54.2 Å². The van der Waals surface area contributed by atoms with Crippen LogP contribution in [0.5, 0.6) is 0 Å². The highest BCUT2D eigenvalue weighted by atomic mass is 15.4. The highest BCUT2D eigenvalue weighted by Crippen LogP contribution is 2.16. The Balaban J connectivity index is 2.00. The van der Waals surface area contributed by atoms with Crippen LogP contribution in [0.25, 0.3) is 6.08 Å². The van der Waals surface area contributed by atoms with Crippen molar-refractivity contribution in [2.24, 2.45) is 5.10 Å². The summed E-state index contributed by atoms with van der Waals surface area (Å²) in [5.74, 6) is 0. The first-order chi connectivity index (χ1) is 8.83. The van der Waals surface area contributed by atoms with Gasteiger partial charge >= 0.3 is 0 Å². The van der Waals surface area contributed by atoms with E-state index in [1.165, 1.54) is 11.3 Å². The Hall–Kier alpha value is -1.77. The summed E-state index contributed by atoms with van der Waals surface area (Å²) in [4.78, 5) is 2.35. The third-order valence-electron chi connectivity index (χ3n) is 3.18. The van der Waals surface area contributed by atoms with Crippen molar-refractivity contribution < 1.29 is 0 Å². The van der Waals surface area contributed by atoms with Crippen molar-refractivity contribution in [1.82, 2.24) is 5.01 Å². The molecule has 2 rings (SSSR count). The first-order valence-electron chi connectivity index (χ1n) is 6.65. The lowest BCUT2D eigenvalue weighted by molar-refractivity contribution is 0.444. The van der Waals surface area contributed by atoms with Crippen LogP contribution in [0.4, 0.5) is 5.69 Å². The highest BCUT2D eigenvalue weighted by molar-refractivity contribution is 5.60. The molecule has 96 valence electrons. The number of anilines is 1. The Morgan fingerprint density at radius 1 is 1.22 bits per heavy atom.